The Labute approximate surface area is 256 Å². The SMILES string of the molecule is COc1ccc(OCc2cc(C)cc(C3C(C#N)=C(N)N(c4ccc(Cl)cc4Cl)C4=C3C(=O)CC(C)(C)C4)c2C)cc1. The summed E-state index contributed by atoms with van der Waals surface area (Å²) in [5.41, 5.74) is 12.5. The number of aryl methyl sites for hydroxylation is 1. The minimum absolute atomic E-state index is 0.00137. The Balaban J connectivity index is 1.65. The van der Waals surface area contributed by atoms with Crippen LogP contribution in [-0.2, 0) is 11.4 Å². The highest BCUT2D eigenvalue weighted by atomic mass is 35.5. The zero-order valence-corrected chi connectivity index (χ0v) is 25.9. The van der Waals surface area contributed by atoms with Gasteiger partial charge in [-0.2, -0.15) is 5.26 Å². The summed E-state index contributed by atoms with van der Waals surface area (Å²) in [5, 5.41) is 11.4. The number of benzene rings is 3. The van der Waals surface area contributed by atoms with Gasteiger partial charge >= 0.3 is 0 Å². The molecule has 0 aromatic heterocycles. The Morgan fingerprint density at radius 1 is 1.05 bits per heavy atom. The number of carbonyl (C=O) groups is 1. The molecule has 0 spiro atoms. The van der Waals surface area contributed by atoms with Gasteiger partial charge in [0.2, 0.25) is 0 Å². The monoisotopic (exact) mass is 601 g/mol. The van der Waals surface area contributed by atoms with Crippen molar-refractivity contribution in [2.45, 2.75) is 53.1 Å². The van der Waals surface area contributed by atoms with Gasteiger partial charge in [0.25, 0.3) is 0 Å². The molecular weight excluding hydrogens is 569 g/mol. The number of anilines is 1. The van der Waals surface area contributed by atoms with Gasteiger partial charge in [0.15, 0.2) is 5.78 Å². The Morgan fingerprint density at radius 2 is 1.74 bits per heavy atom. The minimum Gasteiger partial charge on any atom is -0.497 e. The summed E-state index contributed by atoms with van der Waals surface area (Å²) in [6, 6.07) is 19.0. The molecule has 0 saturated heterocycles. The second kappa shape index (κ2) is 11.4. The summed E-state index contributed by atoms with van der Waals surface area (Å²) in [7, 11) is 1.62. The molecule has 3 aromatic rings. The number of ketones is 1. The van der Waals surface area contributed by atoms with Crippen LogP contribution in [0.15, 0.2) is 77.3 Å². The first-order valence-electron chi connectivity index (χ1n) is 13.7. The number of nitrogens with two attached hydrogens (primary N) is 1. The van der Waals surface area contributed by atoms with Crippen LogP contribution in [0.5, 0.6) is 11.5 Å². The third-order valence-electron chi connectivity index (χ3n) is 8.00. The zero-order valence-electron chi connectivity index (χ0n) is 24.3. The first kappa shape index (κ1) is 29.6. The summed E-state index contributed by atoms with van der Waals surface area (Å²) in [6.45, 7) is 8.46. The van der Waals surface area contributed by atoms with Gasteiger partial charge in [-0.3, -0.25) is 9.69 Å². The number of allylic oxidation sites excluding steroid dienone is 3. The summed E-state index contributed by atoms with van der Waals surface area (Å²) >= 11 is 12.9. The predicted molar refractivity (Wildman–Crippen MR) is 167 cm³/mol. The highest BCUT2D eigenvalue weighted by Gasteiger charge is 2.45. The molecule has 1 unspecified atom stereocenters. The van der Waals surface area contributed by atoms with E-state index in [1.165, 1.54) is 0 Å². The second-order valence-electron chi connectivity index (χ2n) is 11.7. The zero-order chi connectivity index (χ0) is 30.3. The Kier molecular flexibility index (Phi) is 8.02. The van der Waals surface area contributed by atoms with Crippen molar-refractivity contribution in [1.29, 1.82) is 5.26 Å². The smallest absolute Gasteiger partial charge is 0.162 e. The normalized spacial score (nSPS) is 18.1. The molecule has 3 aromatic carbocycles. The van der Waals surface area contributed by atoms with E-state index < -0.39 is 5.92 Å². The van der Waals surface area contributed by atoms with Crippen LogP contribution < -0.4 is 20.1 Å². The van der Waals surface area contributed by atoms with Crippen molar-refractivity contribution < 1.29 is 14.3 Å². The number of carbonyl (C=O) groups excluding carboxylic acids is 1. The van der Waals surface area contributed by atoms with E-state index in [-0.39, 0.29) is 17.0 Å². The summed E-state index contributed by atoms with van der Waals surface area (Å²) in [6.07, 6.45) is 0.947. The van der Waals surface area contributed by atoms with Gasteiger partial charge in [-0.05, 0) is 84.8 Å². The van der Waals surface area contributed by atoms with E-state index in [9.17, 15) is 10.1 Å². The van der Waals surface area contributed by atoms with E-state index in [0.29, 0.717) is 52.1 Å². The average Bonchev–Trinajstić information content (AvgIpc) is 2.93. The van der Waals surface area contributed by atoms with Crippen LogP contribution in [0.1, 0.15) is 54.9 Å². The van der Waals surface area contributed by atoms with E-state index in [2.05, 4.69) is 26.0 Å². The molecule has 0 saturated carbocycles. The average molecular weight is 603 g/mol. The lowest BCUT2D eigenvalue weighted by Gasteiger charge is -2.44. The molecule has 0 amide bonds. The van der Waals surface area contributed by atoms with E-state index >= 15 is 0 Å². The minimum atomic E-state index is -0.615. The molecule has 0 fully saturated rings. The number of methoxy groups -OCH3 is 1. The lowest BCUT2D eigenvalue weighted by molar-refractivity contribution is -0.118. The number of ether oxygens (including phenoxy) is 2. The Morgan fingerprint density at radius 3 is 2.38 bits per heavy atom. The van der Waals surface area contributed by atoms with Crippen molar-refractivity contribution >= 4 is 34.7 Å². The van der Waals surface area contributed by atoms with Crippen molar-refractivity contribution in [2.75, 3.05) is 12.0 Å². The highest BCUT2D eigenvalue weighted by Crippen LogP contribution is 2.52. The molecule has 1 heterocycles. The quantitative estimate of drug-likeness (QED) is 0.307. The molecule has 6 nitrogen and oxygen atoms in total. The fraction of sp³-hybridized carbons (Fsp3) is 0.294. The molecule has 0 radical (unpaired) electrons. The summed E-state index contributed by atoms with van der Waals surface area (Å²) in [4.78, 5) is 15.8. The first-order valence-corrected chi connectivity index (χ1v) is 14.5. The first-order chi connectivity index (χ1) is 19.9. The topological polar surface area (TPSA) is 88.6 Å². The van der Waals surface area contributed by atoms with Crippen molar-refractivity contribution in [3.8, 4) is 17.6 Å². The Hall–Kier alpha value is -3.92. The van der Waals surface area contributed by atoms with Gasteiger partial charge in [0.05, 0.1) is 35.4 Å². The molecule has 216 valence electrons. The maximum atomic E-state index is 14.0. The van der Waals surface area contributed by atoms with Crippen molar-refractivity contribution in [3.05, 3.63) is 110 Å². The van der Waals surface area contributed by atoms with Crippen LogP contribution in [0.4, 0.5) is 5.69 Å². The number of hydrogen-bond acceptors (Lipinski definition) is 6. The van der Waals surface area contributed by atoms with Gasteiger partial charge in [-0.15, -0.1) is 0 Å². The van der Waals surface area contributed by atoms with Gasteiger partial charge < -0.3 is 15.2 Å². The molecule has 5 rings (SSSR count). The molecular formula is C34H33Cl2N3O3. The third kappa shape index (κ3) is 5.47. The van der Waals surface area contributed by atoms with Crippen LogP contribution in [0.3, 0.4) is 0 Å². The number of nitrogens with zero attached hydrogens (tertiary/aromatic N) is 2. The van der Waals surface area contributed by atoms with Crippen LogP contribution >= 0.6 is 23.2 Å². The number of rotatable bonds is 6. The third-order valence-corrected chi connectivity index (χ3v) is 8.53. The van der Waals surface area contributed by atoms with Gasteiger partial charge in [-0.1, -0.05) is 54.7 Å². The Bertz CT molecular complexity index is 1680. The standard InChI is InChI=1S/C34H33Cl2N3O3/c1-19-12-21(18-42-24-9-7-23(41-5)8-10-24)20(2)25(13-19)31-26(17-37)33(38)39(28-11-6-22(35)14-27(28)36)29-15-34(3,4)16-30(40)32(29)31/h6-14,31H,15-16,18,38H2,1-5H3. The van der Waals surface area contributed by atoms with Crippen molar-refractivity contribution in [2.24, 2.45) is 11.1 Å². The maximum Gasteiger partial charge on any atom is 0.162 e. The van der Waals surface area contributed by atoms with Crippen LogP contribution in [-0.4, -0.2) is 12.9 Å². The van der Waals surface area contributed by atoms with Gasteiger partial charge in [0, 0.05) is 22.7 Å². The fourth-order valence-corrected chi connectivity index (χ4v) is 6.50. The van der Waals surface area contributed by atoms with E-state index in [1.54, 1.807) is 30.2 Å². The fourth-order valence-electron chi connectivity index (χ4n) is 6.00. The molecule has 2 aliphatic rings. The van der Waals surface area contributed by atoms with Crippen molar-refractivity contribution in [3.63, 3.8) is 0 Å². The van der Waals surface area contributed by atoms with Crippen LogP contribution in [0, 0.1) is 30.6 Å². The molecule has 42 heavy (non-hydrogen) atoms. The molecule has 8 heteroatoms. The lowest BCUT2D eigenvalue weighted by atomic mass is 9.68. The number of hydrogen-bond donors (Lipinski definition) is 1. The second-order valence-corrected chi connectivity index (χ2v) is 12.5. The highest BCUT2D eigenvalue weighted by molar-refractivity contribution is 6.36. The van der Waals surface area contributed by atoms with Crippen molar-refractivity contribution in [1.82, 2.24) is 0 Å². The molecule has 1 aliphatic heterocycles. The van der Waals surface area contributed by atoms with E-state index in [0.717, 1.165) is 33.7 Å². The lowest BCUT2D eigenvalue weighted by Crippen LogP contribution is -2.42. The van der Waals surface area contributed by atoms with E-state index in [4.69, 9.17) is 38.4 Å². The number of halogens is 2. The molecule has 1 aliphatic carbocycles. The predicted octanol–water partition coefficient (Wildman–Crippen LogP) is 8.14. The maximum absolute atomic E-state index is 14.0. The van der Waals surface area contributed by atoms with E-state index in [1.807, 2.05) is 44.2 Å². The molecule has 2 N–H and O–H groups in total. The number of nitriles is 1. The summed E-state index contributed by atoms with van der Waals surface area (Å²) in [5.74, 6) is 1.10. The largest absolute Gasteiger partial charge is 0.497 e. The molecule has 1 atom stereocenters. The van der Waals surface area contributed by atoms with Gasteiger partial charge in [-0.25, -0.2) is 0 Å². The van der Waals surface area contributed by atoms with Gasteiger partial charge in [0.1, 0.15) is 23.9 Å². The molecule has 0 bridgehead atoms. The van der Waals surface area contributed by atoms with Crippen LogP contribution in [0.2, 0.25) is 10.0 Å². The summed E-state index contributed by atoms with van der Waals surface area (Å²) < 4.78 is 11.4. The number of Topliss-reactive ketones (excluding diaryl/α,β-unsaturated/α-hetero) is 1. The van der Waals surface area contributed by atoms with Crippen LogP contribution in [0.25, 0.3) is 0 Å².